The van der Waals surface area contributed by atoms with Crippen LogP contribution < -0.4 is 5.73 Å². The summed E-state index contributed by atoms with van der Waals surface area (Å²) in [5.41, 5.74) is 8.89. The van der Waals surface area contributed by atoms with E-state index in [9.17, 15) is 0 Å². The average Bonchev–Trinajstić information content (AvgIpc) is 2.96. The Morgan fingerprint density at radius 3 is 2.90 bits per heavy atom. The molecule has 1 aromatic carbocycles. The summed E-state index contributed by atoms with van der Waals surface area (Å²) in [7, 11) is 0. The van der Waals surface area contributed by atoms with E-state index < -0.39 is 0 Å². The fourth-order valence-corrected chi connectivity index (χ4v) is 3.67. The van der Waals surface area contributed by atoms with Gasteiger partial charge in [0.15, 0.2) is 0 Å². The van der Waals surface area contributed by atoms with E-state index in [0.29, 0.717) is 5.82 Å². The van der Waals surface area contributed by atoms with E-state index in [1.807, 2.05) is 11.4 Å². The first-order chi connectivity index (χ1) is 10.3. The zero-order chi connectivity index (χ0) is 14.2. The van der Waals surface area contributed by atoms with Crippen LogP contribution >= 0.6 is 11.3 Å². The first-order valence-electron chi connectivity index (χ1n) is 7.08. The van der Waals surface area contributed by atoms with Crippen LogP contribution in [0.4, 0.5) is 5.82 Å². The zero-order valence-electron chi connectivity index (χ0n) is 11.6. The minimum atomic E-state index is 0.591. The van der Waals surface area contributed by atoms with Crippen molar-refractivity contribution in [1.82, 2.24) is 14.9 Å². The number of benzene rings is 1. The SMILES string of the molecule is Nc1nc(CN2CCc3ccccc3C2)nc2sccc12. The Morgan fingerprint density at radius 2 is 2.00 bits per heavy atom. The van der Waals surface area contributed by atoms with Gasteiger partial charge in [-0.25, -0.2) is 9.97 Å². The molecule has 0 saturated heterocycles. The topological polar surface area (TPSA) is 55.0 Å². The van der Waals surface area contributed by atoms with Crippen LogP contribution in [0.2, 0.25) is 0 Å². The predicted molar refractivity (Wildman–Crippen MR) is 86.1 cm³/mol. The number of thiophene rings is 1. The molecule has 5 heteroatoms. The molecule has 106 valence electrons. The second-order valence-electron chi connectivity index (χ2n) is 5.39. The molecule has 0 atom stereocenters. The molecule has 1 aliphatic heterocycles. The second-order valence-corrected chi connectivity index (χ2v) is 6.29. The molecule has 0 unspecified atom stereocenters. The normalized spacial score (nSPS) is 15.2. The number of nitrogens with two attached hydrogens (primary N) is 1. The molecule has 4 nitrogen and oxygen atoms in total. The van der Waals surface area contributed by atoms with Gasteiger partial charge >= 0.3 is 0 Å². The predicted octanol–water partition coefficient (Wildman–Crippen LogP) is 2.83. The lowest BCUT2D eigenvalue weighted by Gasteiger charge is -2.28. The zero-order valence-corrected chi connectivity index (χ0v) is 12.4. The Balaban J connectivity index is 1.58. The van der Waals surface area contributed by atoms with Gasteiger partial charge in [-0.2, -0.15) is 0 Å². The number of aromatic nitrogens is 2. The Labute approximate surface area is 127 Å². The maximum atomic E-state index is 6.02. The van der Waals surface area contributed by atoms with Crippen molar-refractivity contribution in [2.75, 3.05) is 12.3 Å². The number of rotatable bonds is 2. The van der Waals surface area contributed by atoms with Crippen molar-refractivity contribution in [2.45, 2.75) is 19.5 Å². The summed E-state index contributed by atoms with van der Waals surface area (Å²) in [5.74, 6) is 1.41. The molecule has 0 spiro atoms. The lowest BCUT2D eigenvalue weighted by atomic mass is 10.00. The van der Waals surface area contributed by atoms with E-state index in [1.165, 1.54) is 11.1 Å². The van der Waals surface area contributed by atoms with Gasteiger partial charge in [-0.1, -0.05) is 24.3 Å². The van der Waals surface area contributed by atoms with E-state index in [0.717, 1.165) is 42.1 Å². The third-order valence-electron chi connectivity index (χ3n) is 3.98. The fourth-order valence-electron chi connectivity index (χ4n) is 2.88. The van der Waals surface area contributed by atoms with Gasteiger partial charge in [0.1, 0.15) is 16.5 Å². The van der Waals surface area contributed by atoms with Crippen molar-refractivity contribution in [2.24, 2.45) is 0 Å². The third kappa shape index (κ3) is 2.39. The quantitative estimate of drug-likeness (QED) is 0.790. The fraction of sp³-hybridized carbons (Fsp3) is 0.250. The van der Waals surface area contributed by atoms with Gasteiger partial charge in [0.25, 0.3) is 0 Å². The Hall–Kier alpha value is -1.98. The summed E-state index contributed by atoms with van der Waals surface area (Å²) in [6.07, 6.45) is 1.09. The highest BCUT2D eigenvalue weighted by atomic mass is 32.1. The van der Waals surface area contributed by atoms with Gasteiger partial charge in [-0.15, -0.1) is 11.3 Å². The van der Waals surface area contributed by atoms with Crippen molar-refractivity contribution in [1.29, 1.82) is 0 Å². The molecular weight excluding hydrogens is 280 g/mol. The van der Waals surface area contributed by atoms with Gasteiger partial charge in [0, 0.05) is 13.1 Å². The van der Waals surface area contributed by atoms with Gasteiger partial charge in [-0.05, 0) is 29.0 Å². The summed E-state index contributed by atoms with van der Waals surface area (Å²) in [5, 5.41) is 2.98. The number of nitrogen functional groups attached to an aromatic ring is 1. The Kier molecular flexibility index (Phi) is 3.09. The summed E-state index contributed by atoms with van der Waals surface area (Å²) < 4.78 is 0. The van der Waals surface area contributed by atoms with E-state index >= 15 is 0 Å². The maximum Gasteiger partial charge on any atom is 0.146 e. The molecule has 3 heterocycles. The summed E-state index contributed by atoms with van der Waals surface area (Å²) in [6.45, 7) is 2.76. The van der Waals surface area contributed by atoms with Gasteiger partial charge in [-0.3, -0.25) is 4.90 Å². The van der Waals surface area contributed by atoms with Gasteiger partial charge in [0.2, 0.25) is 0 Å². The van der Waals surface area contributed by atoms with Crippen LogP contribution in [0.3, 0.4) is 0 Å². The molecule has 3 aromatic rings. The summed E-state index contributed by atoms with van der Waals surface area (Å²) >= 11 is 1.62. The van der Waals surface area contributed by atoms with Crippen LogP contribution in [0.25, 0.3) is 10.2 Å². The average molecular weight is 296 g/mol. The highest BCUT2D eigenvalue weighted by Crippen LogP contribution is 2.24. The first kappa shape index (κ1) is 12.7. The first-order valence-corrected chi connectivity index (χ1v) is 7.96. The van der Waals surface area contributed by atoms with E-state index in [4.69, 9.17) is 5.73 Å². The molecule has 0 bridgehead atoms. The molecular formula is C16H16N4S. The molecule has 0 fully saturated rings. The van der Waals surface area contributed by atoms with Gasteiger partial charge < -0.3 is 5.73 Å². The van der Waals surface area contributed by atoms with E-state index in [2.05, 4.69) is 39.1 Å². The van der Waals surface area contributed by atoms with Crippen molar-refractivity contribution in [3.05, 3.63) is 52.7 Å². The van der Waals surface area contributed by atoms with Crippen molar-refractivity contribution in [3.8, 4) is 0 Å². The highest BCUT2D eigenvalue weighted by molar-refractivity contribution is 7.16. The Morgan fingerprint density at radius 1 is 1.14 bits per heavy atom. The molecule has 0 radical (unpaired) electrons. The van der Waals surface area contributed by atoms with Crippen LogP contribution in [-0.2, 0) is 19.5 Å². The molecule has 1 aliphatic rings. The molecule has 2 N–H and O–H groups in total. The smallest absolute Gasteiger partial charge is 0.146 e. The van der Waals surface area contributed by atoms with Crippen LogP contribution in [0, 0.1) is 0 Å². The van der Waals surface area contributed by atoms with Crippen LogP contribution in [-0.4, -0.2) is 21.4 Å². The number of hydrogen-bond acceptors (Lipinski definition) is 5. The summed E-state index contributed by atoms with van der Waals surface area (Å²) in [6, 6.07) is 10.6. The molecule has 0 aliphatic carbocycles. The number of anilines is 1. The van der Waals surface area contributed by atoms with Crippen LogP contribution in [0.5, 0.6) is 0 Å². The van der Waals surface area contributed by atoms with Crippen molar-refractivity contribution in [3.63, 3.8) is 0 Å². The number of hydrogen-bond donors (Lipinski definition) is 1. The highest BCUT2D eigenvalue weighted by Gasteiger charge is 2.17. The monoisotopic (exact) mass is 296 g/mol. The van der Waals surface area contributed by atoms with Crippen LogP contribution in [0.15, 0.2) is 35.7 Å². The van der Waals surface area contributed by atoms with E-state index in [-0.39, 0.29) is 0 Å². The molecule has 2 aromatic heterocycles. The summed E-state index contributed by atoms with van der Waals surface area (Å²) in [4.78, 5) is 12.5. The van der Waals surface area contributed by atoms with E-state index in [1.54, 1.807) is 11.3 Å². The molecule has 4 rings (SSSR count). The maximum absolute atomic E-state index is 6.02. The molecule has 21 heavy (non-hydrogen) atoms. The largest absolute Gasteiger partial charge is 0.383 e. The number of nitrogens with zero attached hydrogens (tertiary/aromatic N) is 3. The van der Waals surface area contributed by atoms with Gasteiger partial charge in [0.05, 0.1) is 11.9 Å². The van der Waals surface area contributed by atoms with Crippen molar-refractivity contribution < 1.29 is 0 Å². The lowest BCUT2D eigenvalue weighted by molar-refractivity contribution is 0.240. The standard InChI is InChI=1S/C16H16N4S/c17-15-13-6-8-21-16(13)19-14(18-15)10-20-7-5-11-3-1-2-4-12(11)9-20/h1-4,6,8H,5,7,9-10H2,(H2,17,18,19). The Bertz CT molecular complexity index is 796. The number of fused-ring (bicyclic) bond motifs is 2. The van der Waals surface area contributed by atoms with Crippen LogP contribution in [0.1, 0.15) is 17.0 Å². The minimum absolute atomic E-state index is 0.591. The second kappa shape index (κ2) is 5.09. The minimum Gasteiger partial charge on any atom is -0.383 e. The third-order valence-corrected chi connectivity index (χ3v) is 4.78. The molecule has 0 amide bonds. The van der Waals surface area contributed by atoms with Crippen molar-refractivity contribution >= 4 is 27.4 Å². The molecule has 0 saturated carbocycles. The lowest BCUT2D eigenvalue weighted by Crippen LogP contribution is -2.30.